The number of nitrogens with one attached hydrogen (secondary N) is 1. The summed E-state index contributed by atoms with van der Waals surface area (Å²) in [7, 11) is 0. The van der Waals surface area contributed by atoms with Crippen molar-refractivity contribution < 1.29 is 4.39 Å². The Labute approximate surface area is 109 Å². The summed E-state index contributed by atoms with van der Waals surface area (Å²) in [5.41, 5.74) is 0.811. The van der Waals surface area contributed by atoms with E-state index < -0.39 is 0 Å². The van der Waals surface area contributed by atoms with Gasteiger partial charge in [-0.1, -0.05) is 32.0 Å². The maximum atomic E-state index is 13.7. The number of hydrogen-bond acceptors (Lipinski definition) is 2. The average Bonchev–Trinajstić information content (AvgIpc) is 2.30. The van der Waals surface area contributed by atoms with Crippen LogP contribution in [0.2, 0.25) is 0 Å². The van der Waals surface area contributed by atoms with Gasteiger partial charge in [0.2, 0.25) is 0 Å². The molecule has 0 aliphatic carbocycles. The van der Waals surface area contributed by atoms with Gasteiger partial charge in [0.15, 0.2) is 0 Å². The largest absolute Gasteiger partial charge is 0.316 e. The lowest BCUT2D eigenvalue weighted by Crippen LogP contribution is -2.42. The maximum Gasteiger partial charge on any atom is 0.127 e. The van der Waals surface area contributed by atoms with Crippen molar-refractivity contribution in [3.05, 3.63) is 35.6 Å². The van der Waals surface area contributed by atoms with Crippen LogP contribution in [-0.2, 0) is 6.54 Å². The highest BCUT2D eigenvalue weighted by Crippen LogP contribution is 2.14. The second-order valence-corrected chi connectivity index (χ2v) is 5.65. The first-order chi connectivity index (χ1) is 8.65. The van der Waals surface area contributed by atoms with E-state index in [9.17, 15) is 4.39 Å². The predicted molar refractivity (Wildman–Crippen MR) is 72.9 cm³/mol. The molecule has 2 atom stereocenters. The molecule has 1 aromatic carbocycles. The standard InChI is InChI=1S/C15H23FN2/c1-12-7-17-8-13(2)10-18(9-12)11-14-5-3-4-6-15(14)16/h3-6,12-13,17H,7-11H2,1-2H3. The van der Waals surface area contributed by atoms with Crippen LogP contribution < -0.4 is 5.32 Å². The molecule has 100 valence electrons. The summed E-state index contributed by atoms with van der Waals surface area (Å²) in [6, 6.07) is 7.10. The minimum Gasteiger partial charge on any atom is -0.316 e. The molecule has 1 aromatic rings. The molecular formula is C15H23FN2. The fourth-order valence-electron chi connectivity index (χ4n) is 2.66. The molecule has 1 aliphatic rings. The van der Waals surface area contributed by atoms with Gasteiger partial charge in [-0.25, -0.2) is 4.39 Å². The van der Waals surface area contributed by atoms with Crippen molar-refractivity contribution in [2.45, 2.75) is 20.4 Å². The second kappa shape index (κ2) is 6.30. The normalized spacial score (nSPS) is 26.6. The van der Waals surface area contributed by atoms with Crippen LogP contribution >= 0.6 is 0 Å². The molecule has 0 bridgehead atoms. The first-order valence-corrected chi connectivity index (χ1v) is 6.81. The van der Waals surface area contributed by atoms with Crippen molar-refractivity contribution in [1.82, 2.24) is 10.2 Å². The molecule has 0 aromatic heterocycles. The quantitative estimate of drug-likeness (QED) is 0.867. The molecule has 1 N–H and O–H groups in total. The summed E-state index contributed by atoms with van der Waals surface area (Å²) in [5, 5.41) is 3.48. The summed E-state index contributed by atoms with van der Waals surface area (Å²) in [4.78, 5) is 2.38. The molecule has 2 rings (SSSR count). The fraction of sp³-hybridized carbons (Fsp3) is 0.600. The highest BCUT2D eigenvalue weighted by atomic mass is 19.1. The van der Waals surface area contributed by atoms with E-state index in [-0.39, 0.29) is 5.82 Å². The van der Waals surface area contributed by atoms with Gasteiger partial charge in [0.1, 0.15) is 5.82 Å². The Bertz CT molecular complexity index is 369. The van der Waals surface area contributed by atoms with Crippen LogP contribution in [0.15, 0.2) is 24.3 Å². The van der Waals surface area contributed by atoms with Gasteiger partial charge in [-0.15, -0.1) is 0 Å². The first-order valence-electron chi connectivity index (χ1n) is 6.81. The minimum absolute atomic E-state index is 0.0852. The summed E-state index contributed by atoms with van der Waals surface area (Å²) in [6.45, 7) is 9.39. The molecule has 0 amide bonds. The van der Waals surface area contributed by atoms with Crippen LogP contribution in [0.25, 0.3) is 0 Å². The number of halogens is 1. The molecule has 3 heteroatoms. The first kappa shape index (κ1) is 13.5. The van der Waals surface area contributed by atoms with E-state index in [0.717, 1.165) is 38.3 Å². The Hall–Kier alpha value is -0.930. The van der Waals surface area contributed by atoms with Gasteiger partial charge < -0.3 is 5.32 Å². The molecule has 1 aliphatic heterocycles. The monoisotopic (exact) mass is 250 g/mol. The predicted octanol–water partition coefficient (Wildman–Crippen LogP) is 2.50. The van der Waals surface area contributed by atoms with Crippen molar-refractivity contribution in [1.29, 1.82) is 0 Å². The van der Waals surface area contributed by atoms with Crippen LogP contribution in [-0.4, -0.2) is 31.1 Å². The second-order valence-electron chi connectivity index (χ2n) is 5.65. The molecule has 0 saturated carbocycles. The zero-order valence-electron chi connectivity index (χ0n) is 11.3. The average molecular weight is 250 g/mol. The Kier molecular flexibility index (Phi) is 4.72. The topological polar surface area (TPSA) is 15.3 Å². The van der Waals surface area contributed by atoms with Gasteiger partial charge in [0.05, 0.1) is 0 Å². The summed E-state index contributed by atoms with van der Waals surface area (Å²) in [6.07, 6.45) is 0. The van der Waals surface area contributed by atoms with E-state index >= 15 is 0 Å². The van der Waals surface area contributed by atoms with Gasteiger partial charge in [-0.3, -0.25) is 4.90 Å². The zero-order chi connectivity index (χ0) is 13.0. The molecule has 18 heavy (non-hydrogen) atoms. The Morgan fingerprint density at radius 3 is 2.39 bits per heavy atom. The number of rotatable bonds is 2. The number of benzene rings is 1. The molecule has 1 saturated heterocycles. The molecule has 0 spiro atoms. The molecule has 1 fully saturated rings. The van der Waals surface area contributed by atoms with Gasteiger partial charge in [0, 0.05) is 25.2 Å². The lowest BCUT2D eigenvalue weighted by atomic mass is 10.0. The van der Waals surface area contributed by atoms with E-state index in [1.165, 1.54) is 0 Å². The minimum atomic E-state index is -0.0852. The van der Waals surface area contributed by atoms with Crippen molar-refractivity contribution >= 4 is 0 Å². The molecule has 2 unspecified atom stereocenters. The Morgan fingerprint density at radius 2 is 1.78 bits per heavy atom. The summed E-state index contributed by atoms with van der Waals surface area (Å²) >= 11 is 0. The lowest BCUT2D eigenvalue weighted by molar-refractivity contribution is 0.177. The van der Waals surface area contributed by atoms with Gasteiger partial charge in [-0.2, -0.15) is 0 Å². The van der Waals surface area contributed by atoms with Crippen molar-refractivity contribution in [3.63, 3.8) is 0 Å². The number of nitrogens with zero attached hydrogens (tertiary/aromatic N) is 1. The zero-order valence-corrected chi connectivity index (χ0v) is 11.3. The summed E-state index contributed by atoms with van der Waals surface area (Å²) in [5.74, 6) is 1.14. The van der Waals surface area contributed by atoms with Crippen LogP contribution in [0.4, 0.5) is 4.39 Å². The molecule has 0 radical (unpaired) electrons. The van der Waals surface area contributed by atoms with E-state index in [2.05, 4.69) is 24.1 Å². The maximum absolute atomic E-state index is 13.7. The van der Waals surface area contributed by atoms with Crippen molar-refractivity contribution in [3.8, 4) is 0 Å². The van der Waals surface area contributed by atoms with Crippen molar-refractivity contribution in [2.75, 3.05) is 26.2 Å². The van der Waals surface area contributed by atoms with Gasteiger partial charge in [0.25, 0.3) is 0 Å². The third-order valence-corrected chi connectivity index (χ3v) is 3.48. The Balaban J connectivity index is 2.03. The third kappa shape index (κ3) is 3.79. The van der Waals surface area contributed by atoms with Crippen LogP contribution in [0.3, 0.4) is 0 Å². The smallest absolute Gasteiger partial charge is 0.127 e. The fourth-order valence-corrected chi connectivity index (χ4v) is 2.66. The highest BCUT2D eigenvalue weighted by molar-refractivity contribution is 5.17. The lowest BCUT2D eigenvalue weighted by Gasteiger charge is -2.31. The van der Waals surface area contributed by atoms with Crippen LogP contribution in [0.1, 0.15) is 19.4 Å². The Morgan fingerprint density at radius 1 is 1.17 bits per heavy atom. The van der Waals surface area contributed by atoms with Gasteiger partial charge >= 0.3 is 0 Å². The van der Waals surface area contributed by atoms with Crippen LogP contribution in [0.5, 0.6) is 0 Å². The summed E-state index contributed by atoms with van der Waals surface area (Å²) < 4.78 is 13.7. The van der Waals surface area contributed by atoms with Crippen molar-refractivity contribution in [2.24, 2.45) is 11.8 Å². The van der Waals surface area contributed by atoms with E-state index in [0.29, 0.717) is 11.8 Å². The van der Waals surface area contributed by atoms with Gasteiger partial charge in [-0.05, 0) is 31.0 Å². The molecule has 1 heterocycles. The molecule has 2 nitrogen and oxygen atoms in total. The van der Waals surface area contributed by atoms with Crippen LogP contribution in [0, 0.1) is 17.7 Å². The highest BCUT2D eigenvalue weighted by Gasteiger charge is 2.18. The van der Waals surface area contributed by atoms with E-state index in [4.69, 9.17) is 0 Å². The molecular weight excluding hydrogens is 227 g/mol. The van der Waals surface area contributed by atoms with E-state index in [1.54, 1.807) is 12.1 Å². The van der Waals surface area contributed by atoms with E-state index in [1.807, 2.05) is 12.1 Å². The number of hydrogen-bond donors (Lipinski definition) is 1. The third-order valence-electron chi connectivity index (χ3n) is 3.48. The SMILES string of the molecule is CC1CNCC(C)CN(Cc2ccccc2F)C1.